The number of benzene rings is 1. The summed E-state index contributed by atoms with van der Waals surface area (Å²) < 4.78 is 0.919. The van der Waals surface area contributed by atoms with E-state index in [1.165, 1.54) is 0 Å². The van der Waals surface area contributed by atoms with Gasteiger partial charge in [0.25, 0.3) is 0 Å². The van der Waals surface area contributed by atoms with Crippen molar-refractivity contribution in [3.05, 3.63) is 33.4 Å². The molecule has 0 saturated heterocycles. The van der Waals surface area contributed by atoms with Gasteiger partial charge < -0.3 is 5.43 Å². The Balaban J connectivity index is 2.95. The largest absolute Gasteiger partial charge is 0.323 e. The fourth-order valence-electron chi connectivity index (χ4n) is 1.51. The van der Waals surface area contributed by atoms with Gasteiger partial charge in [0.2, 0.25) is 0 Å². The molecule has 0 aliphatic heterocycles. The maximum atomic E-state index is 6.08. The number of aryl methyl sites for hydroxylation is 1. The third-order valence-electron chi connectivity index (χ3n) is 2.14. The monoisotopic (exact) mass is 285 g/mol. The third kappa shape index (κ3) is 1.80. The van der Waals surface area contributed by atoms with E-state index in [-0.39, 0.29) is 0 Å². The topological polar surface area (TPSA) is 50.9 Å². The lowest BCUT2D eigenvalue weighted by molar-refractivity contribution is 1.24. The molecule has 2 rings (SSSR count). The van der Waals surface area contributed by atoms with Crippen LogP contribution in [0.2, 0.25) is 5.02 Å². The number of hydrazine groups is 1. The highest BCUT2D eigenvalue weighted by atomic mass is 79.9. The summed E-state index contributed by atoms with van der Waals surface area (Å²) in [7, 11) is 0. The molecule has 15 heavy (non-hydrogen) atoms. The SMILES string of the molecule is Cc1cc(NN)c2c(Br)ccc(Cl)c2n1. The number of nitrogen functional groups attached to an aromatic ring is 1. The Morgan fingerprint density at radius 1 is 1.47 bits per heavy atom. The number of nitrogens with zero attached hydrogens (tertiary/aromatic N) is 1. The van der Waals surface area contributed by atoms with Crippen LogP contribution in [0.1, 0.15) is 5.69 Å². The van der Waals surface area contributed by atoms with Crippen LogP contribution in [0.15, 0.2) is 22.7 Å². The second-order valence-corrected chi connectivity index (χ2v) is 4.47. The van der Waals surface area contributed by atoms with Crippen molar-refractivity contribution in [3.63, 3.8) is 0 Å². The second-order valence-electron chi connectivity index (χ2n) is 3.21. The van der Waals surface area contributed by atoms with Gasteiger partial charge in [0.05, 0.1) is 16.2 Å². The number of aromatic nitrogens is 1. The Bertz CT molecular complexity index is 528. The van der Waals surface area contributed by atoms with Crippen LogP contribution >= 0.6 is 27.5 Å². The maximum Gasteiger partial charge on any atom is 0.0923 e. The summed E-state index contributed by atoms with van der Waals surface area (Å²) in [6.45, 7) is 1.90. The van der Waals surface area contributed by atoms with Gasteiger partial charge in [0.15, 0.2) is 0 Å². The number of rotatable bonds is 1. The predicted octanol–water partition coefficient (Wildman–Crippen LogP) is 3.24. The Morgan fingerprint density at radius 2 is 2.20 bits per heavy atom. The summed E-state index contributed by atoms with van der Waals surface area (Å²) in [5.41, 5.74) is 5.08. The number of nitrogens with two attached hydrogens (primary N) is 1. The summed E-state index contributed by atoms with van der Waals surface area (Å²) in [5.74, 6) is 5.46. The first-order valence-electron chi connectivity index (χ1n) is 4.35. The Hall–Kier alpha value is -0.840. The molecule has 0 atom stereocenters. The number of hydrogen-bond donors (Lipinski definition) is 2. The van der Waals surface area contributed by atoms with Crippen molar-refractivity contribution in [1.82, 2.24) is 4.98 Å². The molecule has 0 bridgehead atoms. The molecule has 1 aromatic heterocycles. The van der Waals surface area contributed by atoms with Gasteiger partial charge in [-0.25, -0.2) is 0 Å². The first-order chi connectivity index (χ1) is 7.13. The Kier molecular flexibility index (Phi) is 2.82. The molecule has 0 fully saturated rings. The fourth-order valence-corrected chi connectivity index (χ4v) is 2.24. The summed E-state index contributed by atoms with van der Waals surface area (Å²) in [4.78, 5) is 4.39. The lowest BCUT2D eigenvalue weighted by Crippen LogP contribution is -2.08. The van der Waals surface area contributed by atoms with E-state index in [9.17, 15) is 0 Å². The zero-order chi connectivity index (χ0) is 11.0. The molecule has 78 valence electrons. The van der Waals surface area contributed by atoms with Crippen LogP contribution in [0.4, 0.5) is 5.69 Å². The maximum absolute atomic E-state index is 6.08. The summed E-state index contributed by atoms with van der Waals surface area (Å²) >= 11 is 9.53. The number of halogens is 2. The summed E-state index contributed by atoms with van der Waals surface area (Å²) in [6, 6.07) is 5.56. The molecule has 3 N–H and O–H groups in total. The van der Waals surface area contributed by atoms with Gasteiger partial charge in [-0.1, -0.05) is 27.5 Å². The van der Waals surface area contributed by atoms with E-state index in [1.54, 1.807) is 6.07 Å². The molecular formula is C10H9BrClN3. The normalized spacial score (nSPS) is 10.7. The van der Waals surface area contributed by atoms with Crippen molar-refractivity contribution >= 4 is 44.1 Å². The second kappa shape index (κ2) is 3.96. The molecular weight excluding hydrogens is 277 g/mol. The van der Waals surface area contributed by atoms with E-state index in [0.717, 1.165) is 26.8 Å². The highest BCUT2D eigenvalue weighted by Crippen LogP contribution is 2.33. The van der Waals surface area contributed by atoms with Crippen LogP contribution in [-0.2, 0) is 0 Å². The van der Waals surface area contributed by atoms with E-state index in [2.05, 4.69) is 26.3 Å². The van der Waals surface area contributed by atoms with E-state index in [1.807, 2.05) is 19.1 Å². The molecule has 0 unspecified atom stereocenters. The van der Waals surface area contributed by atoms with Crippen LogP contribution in [0.25, 0.3) is 10.9 Å². The van der Waals surface area contributed by atoms with Crippen molar-refractivity contribution < 1.29 is 0 Å². The van der Waals surface area contributed by atoms with Crippen molar-refractivity contribution in [1.29, 1.82) is 0 Å². The van der Waals surface area contributed by atoms with Crippen molar-refractivity contribution in [3.8, 4) is 0 Å². The molecule has 0 amide bonds. The van der Waals surface area contributed by atoms with E-state index < -0.39 is 0 Å². The van der Waals surface area contributed by atoms with Crippen LogP contribution in [0.3, 0.4) is 0 Å². The fraction of sp³-hybridized carbons (Fsp3) is 0.100. The third-order valence-corrected chi connectivity index (χ3v) is 3.11. The van der Waals surface area contributed by atoms with Gasteiger partial charge in [-0.2, -0.15) is 0 Å². The zero-order valence-electron chi connectivity index (χ0n) is 8.01. The van der Waals surface area contributed by atoms with E-state index in [0.29, 0.717) is 5.02 Å². The van der Waals surface area contributed by atoms with Crippen LogP contribution in [0, 0.1) is 6.92 Å². The molecule has 3 nitrogen and oxygen atoms in total. The standard InChI is InChI=1S/C10H9BrClN3/c1-5-4-8(15-13)9-6(11)2-3-7(12)10(9)14-5/h2-4H,13H2,1H3,(H,14,15). The smallest absolute Gasteiger partial charge is 0.0923 e. The molecule has 1 heterocycles. The molecule has 1 aromatic carbocycles. The predicted molar refractivity (Wildman–Crippen MR) is 67.0 cm³/mol. The average molecular weight is 287 g/mol. The Labute approximate surface area is 101 Å². The number of pyridine rings is 1. The molecule has 0 spiro atoms. The lowest BCUT2D eigenvalue weighted by Gasteiger charge is -2.09. The quantitative estimate of drug-likeness (QED) is 0.625. The highest BCUT2D eigenvalue weighted by Gasteiger charge is 2.09. The molecule has 0 radical (unpaired) electrons. The van der Waals surface area contributed by atoms with Gasteiger partial charge >= 0.3 is 0 Å². The van der Waals surface area contributed by atoms with Gasteiger partial charge in [-0.15, -0.1) is 0 Å². The zero-order valence-corrected chi connectivity index (χ0v) is 10.4. The minimum Gasteiger partial charge on any atom is -0.323 e. The minimum atomic E-state index is 0.619. The van der Waals surface area contributed by atoms with Gasteiger partial charge in [-0.05, 0) is 25.1 Å². The first kappa shape index (κ1) is 10.7. The number of hydrogen-bond acceptors (Lipinski definition) is 3. The van der Waals surface area contributed by atoms with Gasteiger partial charge in [-0.3, -0.25) is 10.8 Å². The summed E-state index contributed by atoms with van der Waals surface area (Å²) in [6.07, 6.45) is 0. The number of fused-ring (bicyclic) bond motifs is 1. The Morgan fingerprint density at radius 3 is 2.87 bits per heavy atom. The van der Waals surface area contributed by atoms with E-state index in [4.69, 9.17) is 17.4 Å². The van der Waals surface area contributed by atoms with Crippen LogP contribution in [0.5, 0.6) is 0 Å². The molecule has 0 aliphatic carbocycles. The minimum absolute atomic E-state index is 0.619. The van der Waals surface area contributed by atoms with Crippen molar-refractivity contribution in [2.24, 2.45) is 5.84 Å². The molecule has 0 aliphatic rings. The lowest BCUT2D eigenvalue weighted by atomic mass is 10.1. The highest BCUT2D eigenvalue weighted by molar-refractivity contribution is 9.10. The number of nitrogens with one attached hydrogen (secondary N) is 1. The number of anilines is 1. The molecule has 2 aromatic rings. The molecule has 0 saturated carbocycles. The van der Waals surface area contributed by atoms with Crippen molar-refractivity contribution in [2.75, 3.05) is 5.43 Å². The first-order valence-corrected chi connectivity index (χ1v) is 5.52. The van der Waals surface area contributed by atoms with E-state index >= 15 is 0 Å². The van der Waals surface area contributed by atoms with Crippen molar-refractivity contribution in [2.45, 2.75) is 6.92 Å². The summed E-state index contributed by atoms with van der Waals surface area (Å²) in [5, 5.41) is 1.52. The average Bonchev–Trinajstić information content (AvgIpc) is 2.22. The van der Waals surface area contributed by atoms with Gasteiger partial charge in [0.1, 0.15) is 0 Å². The van der Waals surface area contributed by atoms with Crippen LogP contribution in [-0.4, -0.2) is 4.98 Å². The van der Waals surface area contributed by atoms with Crippen LogP contribution < -0.4 is 11.3 Å². The molecule has 5 heteroatoms. The van der Waals surface area contributed by atoms with Gasteiger partial charge in [0, 0.05) is 15.6 Å².